The first-order valence-electron chi connectivity index (χ1n) is 6.50. The Kier molecular flexibility index (Phi) is 5.04. The third-order valence-electron chi connectivity index (χ3n) is 3.01. The van der Waals surface area contributed by atoms with Crippen LogP contribution in [0.2, 0.25) is 0 Å². The molecule has 0 fully saturated rings. The largest absolute Gasteiger partial charge is 0.435 e. The van der Waals surface area contributed by atoms with E-state index in [9.17, 15) is 18.0 Å². The lowest BCUT2D eigenvalue weighted by Gasteiger charge is -2.17. The van der Waals surface area contributed by atoms with Gasteiger partial charge in [0.2, 0.25) is 0 Å². The third-order valence-corrected chi connectivity index (χ3v) is 3.01. The van der Waals surface area contributed by atoms with Crippen LogP contribution >= 0.6 is 0 Å². The lowest BCUT2D eigenvalue weighted by atomic mass is 10.1. The van der Waals surface area contributed by atoms with Crippen molar-refractivity contribution >= 4 is 5.91 Å². The Morgan fingerprint density at radius 1 is 1.09 bits per heavy atom. The molecule has 2 rings (SSSR count). The Bertz CT molecular complexity index is 627. The normalized spacial score (nSPS) is 10.6. The van der Waals surface area contributed by atoms with Gasteiger partial charge in [-0.05, 0) is 42.0 Å². The fraction of sp³-hybridized carbons (Fsp3) is 0.188. The summed E-state index contributed by atoms with van der Waals surface area (Å²) in [6.07, 6.45) is 0. The van der Waals surface area contributed by atoms with E-state index in [2.05, 4.69) is 4.74 Å². The molecule has 22 heavy (non-hydrogen) atoms. The standard InChI is InChI=1S/C16H14F3NO2/c1-20(10-11-2-6-13(17)7-3-11)15(21)12-4-8-14(9-5-12)22-16(18)19/h2-9,16H,10H2,1H3. The highest BCUT2D eigenvalue weighted by atomic mass is 19.3. The zero-order chi connectivity index (χ0) is 16.1. The Morgan fingerprint density at radius 3 is 2.23 bits per heavy atom. The van der Waals surface area contributed by atoms with Crippen LogP contribution in [0.5, 0.6) is 5.75 Å². The average molecular weight is 309 g/mol. The van der Waals surface area contributed by atoms with Crippen LogP contribution in [0, 0.1) is 5.82 Å². The quantitative estimate of drug-likeness (QED) is 0.843. The van der Waals surface area contributed by atoms with Crippen LogP contribution in [0.25, 0.3) is 0 Å². The summed E-state index contributed by atoms with van der Waals surface area (Å²) in [7, 11) is 1.61. The lowest BCUT2D eigenvalue weighted by Crippen LogP contribution is -2.26. The molecule has 2 aromatic rings. The molecule has 2 aromatic carbocycles. The van der Waals surface area contributed by atoms with Crippen molar-refractivity contribution in [2.75, 3.05) is 7.05 Å². The first kappa shape index (κ1) is 15.9. The molecule has 0 unspecified atom stereocenters. The van der Waals surface area contributed by atoms with Gasteiger partial charge in [0.05, 0.1) is 0 Å². The maximum atomic E-state index is 12.8. The first-order chi connectivity index (χ1) is 10.5. The van der Waals surface area contributed by atoms with Crippen molar-refractivity contribution in [1.29, 1.82) is 0 Å². The Balaban J connectivity index is 2.02. The molecular weight excluding hydrogens is 295 g/mol. The molecule has 3 nitrogen and oxygen atoms in total. The molecule has 0 heterocycles. The second-order valence-electron chi connectivity index (χ2n) is 4.69. The second-order valence-corrected chi connectivity index (χ2v) is 4.69. The predicted molar refractivity (Wildman–Crippen MR) is 75.3 cm³/mol. The fourth-order valence-electron chi connectivity index (χ4n) is 1.93. The van der Waals surface area contributed by atoms with Gasteiger partial charge in [-0.2, -0.15) is 8.78 Å². The minimum atomic E-state index is -2.90. The monoisotopic (exact) mass is 309 g/mol. The van der Waals surface area contributed by atoms with Crippen molar-refractivity contribution < 1.29 is 22.7 Å². The van der Waals surface area contributed by atoms with Crippen LogP contribution in [-0.4, -0.2) is 24.5 Å². The van der Waals surface area contributed by atoms with Crippen LogP contribution < -0.4 is 4.74 Å². The molecule has 0 spiro atoms. The number of ether oxygens (including phenoxy) is 1. The summed E-state index contributed by atoms with van der Waals surface area (Å²) in [5, 5.41) is 0. The van der Waals surface area contributed by atoms with Crippen molar-refractivity contribution in [1.82, 2.24) is 4.90 Å². The molecule has 0 aliphatic carbocycles. The van der Waals surface area contributed by atoms with E-state index >= 15 is 0 Å². The van der Waals surface area contributed by atoms with Crippen LogP contribution in [0.3, 0.4) is 0 Å². The highest BCUT2D eigenvalue weighted by molar-refractivity contribution is 5.94. The van der Waals surface area contributed by atoms with E-state index in [-0.39, 0.29) is 17.5 Å². The topological polar surface area (TPSA) is 29.5 Å². The molecule has 1 amide bonds. The molecule has 0 aliphatic heterocycles. The molecule has 0 saturated carbocycles. The van der Waals surface area contributed by atoms with E-state index in [1.807, 2.05) is 0 Å². The molecule has 0 aromatic heterocycles. The summed E-state index contributed by atoms with van der Waals surface area (Å²) < 4.78 is 41.2. The number of alkyl halides is 2. The number of hydrogen-bond acceptors (Lipinski definition) is 2. The molecule has 0 bridgehead atoms. The SMILES string of the molecule is CN(Cc1ccc(F)cc1)C(=O)c1ccc(OC(F)F)cc1. The van der Waals surface area contributed by atoms with Gasteiger partial charge < -0.3 is 9.64 Å². The van der Waals surface area contributed by atoms with Crippen LogP contribution in [0.4, 0.5) is 13.2 Å². The molecule has 0 saturated heterocycles. The summed E-state index contributed by atoms with van der Waals surface area (Å²) in [6, 6.07) is 11.3. The smallest absolute Gasteiger partial charge is 0.387 e. The molecule has 0 N–H and O–H groups in total. The average Bonchev–Trinajstić information content (AvgIpc) is 2.49. The molecule has 116 valence electrons. The van der Waals surface area contributed by atoms with Gasteiger partial charge in [0.15, 0.2) is 0 Å². The number of amides is 1. The van der Waals surface area contributed by atoms with Gasteiger partial charge in [-0.25, -0.2) is 4.39 Å². The molecular formula is C16H14F3NO2. The molecule has 0 atom stereocenters. The van der Waals surface area contributed by atoms with Crippen molar-refractivity contribution in [2.24, 2.45) is 0 Å². The number of rotatable bonds is 5. The summed E-state index contributed by atoms with van der Waals surface area (Å²) in [4.78, 5) is 13.7. The lowest BCUT2D eigenvalue weighted by molar-refractivity contribution is -0.0498. The zero-order valence-corrected chi connectivity index (χ0v) is 11.8. The number of nitrogens with zero attached hydrogens (tertiary/aromatic N) is 1. The molecule has 6 heteroatoms. The Labute approximate surface area is 125 Å². The zero-order valence-electron chi connectivity index (χ0n) is 11.8. The van der Waals surface area contributed by atoms with Gasteiger partial charge in [0.25, 0.3) is 5.91 Å². The molecule has 0 aliphatic rings. The highest BCUT2D eigenvalue weighted by Gasteiger charge is 2.13. The Morgan fingerprint density at radius 2 is 1.68 bits per heavy atom. The fourth-order valence-corrected chi connectivity index (χ4v) is 1.93. The van der Waals surface area contributed by atoms with E-state index in [1.54, 1.807) is 19.2 Å². The Hall–Kier alpha value is -2.50. The van der Waals surface area contributed by atoms with E-state index in [0.29, 0.717) is 12.1 Å². The summed E-state index contributed by atoms with van der Waals surface area (Å²) in [5.74, 6) is -0.618. The van der Waals surface area contributed by atoms with E-state index in [4.69, 9.17) is 0 Å². The predicted octanol–water partition coefficient (Wildman–Crippen LogP) is 3.70. The third kappa shape index (κ3) is 4.25. The van der Waals surface area contributed by atoms with Crippen molar-refractivity contribution in [3.8, 4) is 5.75 Å². The minimum Gasteiger partial charge on any atom is -0.435 e. The van der Waals surface area contributed by atoms with Gasteiger partial charge in [-0.3, -0.25) is 4.79 Å². The van der Waals surface area contributed by atoms with Gasteiger partial charge >= 0.3 is 6.61 Å². The summed E-state index contributed by atoms with van der Waals surface area (Å²) >= 11 is 0. The summed E-state index contributed by atoms with van der Waals surface area (Å²) in [6.45, 7) is -2.59. The van der Waals surface area contributed by atoms with E-state index in [0.717, 1.165) is 5.56 Å². The van der Waals surface area contributed by atoms with Gasteiger partial charge in [-0.1, -0.05) is 12.1 Å². The van der Waals surface area contributed by atoms with Crippen LogP contribution in [0.1, 0.15) is 15.9 Å². The maximum Gasteiger partial charge on any atom is 0.387 e. The molecule has 0 radical (unpaired) electrons. The van der Waals surface area contributed by atoms with Gasteiger partial charge in [-0.15, -0.1) is 0 Å². The highest BCUT2D eigenvalue weighted by Crippen LogP contribution is 2.16. The first-order valence-corrected chi connectivity index (χ1v) is 6.50. The number of benzene rings is 2. The van der Waals surface area contributed by atoms with Crippen LogP contribution in [-0.2, 0) is 6.54 Å². The van der Waals surface area contributed by atoms with Gasteiger partial charge in [0.1, 0.15) is 11.6 Å². The van der Waals surface area contributed by atoms with E-state index in [1.165, 1.54) is 41.3 Å². The van der Waals surface area contributed by atoms with Crippen molar-refractivity contribution in [3.05, 3.63) is 65.5 Å². The van der Waals surface area contributed by atoms with Crippen molar-refractivity contribution in [3.63, 3.8) is 0 Å². The maximum absolute atomic E-state index is 12.8. The van der Waals surface area contributed by atoms with Crippen LogP contribution in [0.15, 0.2) is 48.5 Å². The minimum absolute atomic E-state index is 0.00672. The number of carbonyl (C=O) groups excluding carboxylic acids is 1. The van der Waals surface area contributed by atoms with Crippen molar-refractivity contribution in [2.45, 2.75) is 13.2 Å². The van der Waals surface area contributed by atoms with E-state index < -0.39 is 6.61 Å². The summed E-state index contributed by atoms with van der Waals surface area (Å²) in [5.41, 5.74) is 1.14. The number of hydrogen-bond donors (Lipinski definition) is 0. The number of carbonyl (C=O) groups is 1. The second kappa shape index (κ2) is 6.98. The number of halogens is 3. The van der Waals surface area contributed by atoms with Gasteiger partial charge in [0, 0.05) is 19.2 Å².